The first kappa shape index (κ1) is 20.8. The van der Waals surface area contributed by atoms with Crippen molar-refractivity contribution in [3.8, 4) is 11.5 Å². The maximum Gasteiger partial charge on any atom is 0.455 e. The van der Waals surface area contributed by atoms with Gasteiger partial charge in [0.25, 0.3) is 0 Å². The number of aryl methyl sites for hydroxylation is 1. The summed E-state index contributed by atoms with van der Waals surface area (Å²) in [5.41, 5.74) is -0.928. The van der Waals surface area contributed by atoms with Crippen LogP contribution in [-0.2, 0) is 5.72 Å². The number of amidine groups is 1. The Labute approximate surface area is 178 Å². The quantitative estimate of drug-likeness (QED) is 0.551. The minimum atomic E-state index is -4.81. The van der Waals surface area contributed by atoms with Crippen molar-refractivity contribution >= 4 is 11.5 Å². The molecule has 1 aliphatic heterocycles. The second kappa shape index (κ2) is 7.98. The number of hydrogen-bond acceptors (Lipinski definition) is 4. The zero-order chi connectivity index (χ0) is 22.1. The first-order valence-electron chi connectivity index (χ1n) is 9.84. The van der Waals surface area contributed by atoms with E-state index in [1.807, 2.05) is 19.1 Å². The van der Waals surface area contributed by atoms with Crippen LogP contribution in [0.15, 0.2) is 77.8 Å². The van der Waals surface area contributed by atoms with E-state index < -0.39 is 11.9 Å². The fourth-order valence-electron chi connectivity index (χ4n) is 3.38. The topological polar surface area (TPSA) is 42.9 Å². The number of benzene rings is 3. The van der Waals surface area contributed by atoms with Gasteiger partial charge in [-0.2, -0.15) is 13.2 Å². The van der Waals surface area contributed by atoms with Crippen LogP contribution in [0.25, 0.3) is 0 Å². The van der Waals surface area contributed by atoms with Crippen molar-refractivity contribution in [3.63, 3.8) is 0 Å². The Kier molecular flexibility index (Phi) is 5.35. The molecule has 7 heteroatoms. The Morgan fingerprint density at radius 2 is 1.71 bits per heavy atom. The number of hydrogen-bond donors (Lipinski definition) is 1. The number of halogens is 3. The molecule has 3 aromatic carbocycles. The molecular formula is C24H21F3N2O2. The second-order valence-corrected chi connectivity index (χ2v) is 7.15. The molecule has 0 bridgehead atoms. The summed E-state index contributed by atoms with van der Waals surface area (Å²) in [5.74, 6) is 0.521. The second-order valence-electron chi connectivity index (χ2n) is 7.15. The van der Waals surface area contributed by atoms with Crippen LogP contribution in [0.3, 0.4) is 0 Å². The van der Waals surface area contributed by atoms with Crippen molar-refractivity contribution in [1.29, 1.82) is 0 Å². The molecule has 0 saturated heterocycles. The predicted molar refractivity (Wildman–Crippen MR) is 114 cm³/mol. The zero-order valence-corrected chi connectivity index (χ0v) is 17.0. The number of aliphatic imine (C=N–C) groups is 1. The van der Waals surface area contributed by atoms with Gasteiger partial charge in [-0.05, 0) is 38.1 Å². The summed E-state index contributed by atoms with van der Waals surface area (Å²) in [6.45, 7) is 4.12. The average molecular weight is 426 g/mol. The predicted octanol–water partition coefficient (Wildman–Crippen LogP) is 6.06. The maximum absolute atomic E-state index is 14.5. The third-order valence-corrected chi connectivity index (χ3v) is 4.91. The van der Waals surface area contributed by atoms with E-state index in [4.69, 9.17) is 9.47 Å². The minimum Gasteiger partial charge on any atom is -0.494 e. The van der Waals surface area contributed by atoms with Gasteiger partial charge in [-0.3, -0.25) is 0 Å². The molecule has 1 atom stereocenters. The van der Waals surface area contributed by atoms with Gasteiger partial charge < -0.3 is 14.8 Å². The van der Waals surface area contributed by atoms with E-state index >= 15 is 0 Å². The van der Waals surface area contributed by atoms with Crippen molar-refractivity contribution < 1.29 is 22.6 Å². The Morgan fingerprint density at radius 3 is 2.35 bits per heavy atom. The number of nitrogens with zero attached hydrogens (tertiary/aromatic N) is 1. The highest BCUT2D eigenvalue weighted by Gasteiger charge is 2.61. The van der Waals surface area contributed by atoms with E-state index in [1.165, 1.54) is 30.3 Å². The number of fused-ring (bicyclic) bond motifs is 1. The van der Waals surface area contributed by atoms with Gasteiger partial charge in [-0.15, -0.1) is 0 Å². The smallest absolute Gasteiger partial charge is 0.455 e. The van der Waals surface area contributed by atoms with Gasteiger partial charge in [0.15, 0.2) is 0 Å². The average Bonchev–Trinajstić information content (AvgIpc) is 2.75. The van der Waals surface area contributed by atoms with E-state index in [0.717, 1.165) is 5.56 Å². The van der Waals surface area contributed by atoms with Crippen molar-refractivity contribution in [2.75, 3.05) is 11.9 Å². The van der Waals surface area contributed by atoms with Crippen molar-refractivity contribution in [3.05, 3.63) is 89.5 Å². The van der Waals surface area contributed by atoms with E-state index in [1.54, 1.807) is 37.3 Å². The molecule has 0 amide bonds. The molecule has 0 saturated carbocycles. The van der Waals surface area contributed by atoms with E-state index in [0.29, 0.717) is 23.6 Å². The molecule has 1 unspecified atom stereocenters. The first-order chi connectivity index (χ1) is 14.8. The number of rotatable bonds is 4. The van der Waals surface area contributed by atoms with Crippen LogP contribution in [0, 0.1) is 6.92 Å². The third kappa shape index (κ3) is 3.95. The van der Waals surface area contributed by atoms with Crippen LogP contribution >= 0.6 is 0 Å². The summed E-state index contributed by atoms with van der Waals surface area (Å²) in [4.78, 5) is 4.11. The molecular weight excluding hydrogens is 405 g/mol. The summed E-state index contributed by atoms with van der Waals surface area (Å²) >= 11 is 0. The number of alkyl halides is 3. The fourth-order valence-corrected chi connectivity index (χ4v) is 3.38. The minimum absolute atomic E-state index is 0.0386. The van der Waals surface area contributed by atoms with Crippen LogP contribution in [0.4, 0.5) is 18.9 Å². The first-order valence-corrected chi connectivity index (χ1v) is 9.84. The summed E-state index contributed by atoms with van der Waals surface area (Å²) in [5, 5.41) is 3.04. The molecule has 1 heterocycles. The van der Waals surface area contributed by atoms with Crippen LogP contribution in [0.5, 0.6) is 11.5 Å². The van der Waals surface area contributed by atoms with Gasteiger partial charge in [-0.25, -0.2) is 4.99 Å². The lowest BCUT2D eigenvalue weighted by molar-refractivity contribution is -0.252. The third-order valence-electron chi connectivity index (χ3n) is 4.91. The highest BCUT2D eigenvalue weighted by Crippen LogP contribution is 2.48. The molecule has 4 nitrogen and oxygen atoms in total. The molecule has 0 aliphatic carbocycles. The van der Waals surface area contributed by atoms with Crippen molar-refractivity contribution in [2.45, 2.75) is 25.7 Å². The standard InChI is InChI=1S/C24H21F3N2O2/c1-3-30-19-13-14-20-21(15-19)31-23(24(25,26)27,17-7-5-4-6-8-17)29-22(20)28-18-11-9-16(2)10-12-18/h4-15H,3H2,1-2H3,(H,28,29). The van der Waals surface area contributed by atoms with Gasteiger partial charge in [0.05, 0.1) is 12.2 Å². The van der Waals surface area contributed by atoms with Crippen LogP contribution in [0.1, 0.15) is 23.6 Å². The van der Waals surface area contributed by atoms with Crippen molar-refractivity contribution in [2.24, 2.45) is 4.99 Å². The Hall–Kier alpha value is -3.48. The number of nitrogens with one attached hydrogen (secondary N) is 1. The van der Waals surface area contributed by atoms with Gasteiger partial charge in [0.2, 0.25) is 0 Å². The van der Waals surface area contributed by atoms with Gasteiger partial charge in [0.1, 0.15) is 17.3 Å². The lowest BCUT2D eigenvalue weighted by atomic mass is 9.99. The molecule has 1 aliphatic rings. The summed E-state index contributed by atoms with van der Waals surface area (Å²) in [7, 11) is 0. The summed E-state index contributed by atoms with van der Waals surface area (Å²) in [6.07, 6.45) is -4.81. The van der Waals surface area contributed by atoms with E-state index in [9.17, 15) is 13.2 Å². The molecule has 3 aromatic rings. The molecule has 1 N–H and O–H groups in total. The largest absolute Gasteiger partial charge is 0.494 e. The molecule has 0 radical (unpaired) electrons. The highest BCUT2D eigenvalue weighted by molar-refractivity contribution is 6.11. The Balaban J connectivity index is 1.90. The van der Waals surface area contributed by atoms with E-state index in [2.05, 4.69) is 10.3 Å². The van der Waals surface area contributed by atoms with Gasteiger partial charge in [0, 0.05) is 17.3 Å². The van der Waals surface area contributed by atoms with Gasteiger partial charge in [-0.1, -0.05) is 48.0 Å². The molecule has 160 valence electrons. The lowest BCUT2D eigenvalue weighted by Crippen LogP contribution is -2.49. The molecule has 31 heavy (non-hydrogen) atoms. The normalized spacial score (nSPS) is 17.9. The molecule has 0 spiro atoms. The number of ether oxygens (including phenoxy) is 2. The molecule has 0 aromatic heterocycles. The van der Waals surface area contributed by atoms with E-state index in [-0.39, 0.29) is 17.1 Å². The van der Waals surface area contributed by atoms with Crippen LogP contribution in [0.2, 0.25) is 0 Å². The van der Waals surface area contributed by atoms with Crippen molar-refractivity contribution in [1.82, 2.24) is 0 Å². The zero-order valence-electron chi connectivity index (χ0n) is 17.0. The van der Waals surface area contributed by atoms with Crippen LogP contribution < -0.4 is 14.8 Å². The highest BCUT2D eigenvalue weighted by atomic mass is 19.4. The summed E-state index contributed by atoms with van der Waals surface area (Å²) in [6, 6.07) is 19.5. The SMILES string of the molecule is CCOc1ccc2c(c1)OC(c1ccccc1)(C(F)(F)F)N=C2Nc1ccc(C)cc1. The molecule has 4 rings (SSSR count). The lowest BCUT2D eigenvalue weighted by Gasteiger charge is -2.37. The van der Waals surface area contributed by atoms with Gasteiger partial charge >= 0.3 is 11.9 Å². The number of anilines is 1. The fraction of sp³-hybridized carbons (Fsp3) is 0.208. The van der Waals surface area contributed by atoms with Crippen LogP contribution in [-0.4, -0.2) is 18.6 Å². The Bertz CT molecular complexity index is 1100. The monoisotopic (exact) mass is 426 g/mol. The maximum atomic E-state index is 14.5. The molecule has 0 fully saturated rings. The Morgan fingerprint density at radius 1 is 1.00 bits per heavy atom. The summed E-state index contributed by atoms with van der Waals surface area (Å²) < 4.78 is 54.6.